The summed E-state index contributed by atoms with van der Waals surface area (Å²) >= 11 is 0. The first kappa shape index (κ1) is 17.3. The zero-order chi connectivity index (χ0) is 20.2. The summed E-state index contributed by atoms with van der Waals surface area (Å²) in [7, 11) is 0. The molecule has 144 valence electrons. The number of aromatic nitrogens is 1. The van der Waals surface area contributed by atoms with E-state index in [2.05, 4.69) is 109 Å². The summed E-state index contributed by atoms with van der Waals surface area (Å²) in [6.45, 7) is 5.21. The zero-order valence-corrected chi connectivity index (χ0v) is 17.3. The maximum absolute atomic E-state index is 2.50. The van der Waals surface area contributed by atoms with E-state index < -0.39 is 0 Å². The van der Waals surface area contributed by atoms with E-state index in [-0.39, 0.29) is 0 Å². The highest BCUT2D eigenvalue weighted by molar-refractivity contribution is 6.09. The summed E-state index contributed by atoms with van der Waals surface area (Å²) in [5.41, 5.74) is 6.61. The first-order chi connectivity index (χ1) is 14.7. The van der Waals surface area contributed by atoms with E-state index in [1.54, 1.807) is 0 Å². The summed E-state index contributed by atoms with van der Waals surface area (Å²) < 4.78 is 2.50. The Morgan fingerprint density at radius 2 is 1.03 bits per heavy atom. The lowest BCUT2D eigenvalue weighted by atomic mass is 9.96. The average molecular weight is 386 g/mol. The average Bonchev–Trinajstić information content (AvgIpc) is 3.05. The van der Waals surface area contributed by atoms with Gasteiger partial charge in [0, 0.05) is 28.4 Å². The van der Waals surface area contributed by atoms with Crippen molar-refractivity contribution in [3.05, 3.63) is 108 Å². The lowest BCUT2D eigenvalue weighted by Crippen LogP contribution is -2.01. The van der Waals surface area contributed by atoms with Crippen LogP contribution in [0, 0.1) is 13.8 Å². The Labute approximate surface area is 176 Å². The van der Waals surface area contributed by atoms with Gasteiger partial charge in [-0.3, -0.25) is 0 Å². The van der Waals surface area contributed by atoms with Crippen LogP contribution in [-0.2, 0) is 6.54 Å². The Morgan fingerprint density at radius 1 is 0.533 bits per heavy atom. The van der Waals surface area contributed by atoms with Crippen molar-refractivity contribution in [1.82, 2.24) is 4.57 Å². The topological polar surface area (TPSA) is 4.93 Å². The zero-order valence-electron chi connectivity index (χ0n) is 17.3. The molecule has 0 saturated carbocycles. The normalized spacial score (nSPS) is 11.8. The van der Waals surface area contributed by atoms with Crippen LogP contribution in [0.4, 0.5) is 0 Å². The molecular formula is C29H23N. The van der Waals surface area contributed by atoms with Crippen molar-refractivity contribution in [2.75, 3.05) is 0 Å². The molecule has 0 spiro atoms. The van der Waals surface area contributed by atoms with Crippen molar-refractivity contribution in [2.24, 2.45) is 0 Å². The maximum atomic E-state index is 2.50. The monoisotopic (exact) mass is 385 g/mol. The van der Waals surface area contributed by atoms with Gasteiger partial charge in [-0.2, -0.15) is 0 Å². The molecule has 0 atom stereocenters. The number of hydrogen-bond donors (Lipinski definition) is 0. The summed E-state index contributed by atoms with van der Waals surface area (Å²) in [6, 6.07) is 33.5. The fourth-order valence-electron chi connectivity index (χ4n) is 4.94. The minimum absolute atomic E-state index is 0.855. The van der Waals surface area contributed by atoms with Gasteiger partial charge in [-0.1, -0.05) is 71.8 Å². The molecule has 1 heteroatoms. The molecule has 0 radical (unpaired) electrons. The largest absolute Gasteiger partial charge is 0.336 e. The van der Waals surface area contributed by atoms with Gasteiger partial charge in [0.15, 0.2) is 0 Å². The fraction of sp³-hybridized carbons (Fsp3) is 0.103. The molecule has 6 rings (SSSR count). The third kappa shape index (κ3) is 2.55. The van der Waals surface area contributed by atoms with E-state index in [4.69, 9.17) is 0 Å². The molecule has 0 aliphatic carbocycles. The third-order valence-corrected chi connectivity index (χ3v) is 6.37. The molecule has 0 aliphatic rings. The predicted molar refractivity (Wildman–Crippen MR) is 129 cm³/mol. The Balaban J connectivity index is 1.71. The summed E-state index contributed by atoms with van der Waals surface area (Å²) in [6.07, 6.45) is 0. The van der Waals surface area contributed by atoms with Crippen LogP contribution in [-0.4, -0.2) is 4.57 Å². The predicted octanol–water partition coefficient (Wildman–Crippen LogP) is 7.77. The fourth-order valence-corrected chi connectivity index (χ4v) is 4.94. The molecule has 5 aromatic carbocycles. The van der Waals surface area contributed by atoms with Crippen LogP contribution in [0.3, 0.4) is 0 Å². The van der Waals surface area contributed by atoms with Crippen molar-refractivity contribution in [2.45, 2.75) is 20.4 Å². The highest BCUT2D eigenvalue weighted by Crippen LogP contribution is 2.34. The van der Waals surface area contributed by atoms with Gasteiger partial charge in [0.1, 0.15) is 0 Å². The summed E-state index contributed by atoms with van der Waals surface area (Å²) in [5.74, 6) is 0. The van der Waals surface area contributed by atoms with Gasteiger partial charge in [-0.05, 0) is 71.3 Å². The van der Waals surface area contributed by atoms with Crippen molar-refractivity contribution in [1.29, 1.82) is 0 Å². The molecule has 1 aromatic heterocycles. The smallest absolute Gasteiger partial charge is 0.0494 e. The Hall–Kier alpha value is -3.58. The van der Waals surface area contributed by atoms with Gasteiger partial charge < -0.3 is 4.57 Å². The molecule has 0 N–H and O–H groups in total. The standard InChI is InChI=1S/C29H23N/c1-19-11-13-28-25(15-19)26-16-20(2)12-14-29(26)30(28)18-27-23-9-5-3-7-21(23)17-22-8-4-6-10-24(22)27/h3-17H,18H2,1-2H3. The van der Waals surface area contributed by atoms with Crippen LogP contribution in [0.5, 0.6) is 0 Å². The van der Waals surface area contributed by atoms with Gasteiger partial charge in [0.25, 0.3) is 0 Å². The highest BCUT2D eigenvalue weighted by atomic mass is 15.0. The molecule has 0 fully saturated rings. The lowest BCUT2D eigenvalue weighted by molar-refractivity contribution is 0.882. The summed E-state index contributed by atoms with van der Waals surface area (Å²) in [4.78, 5) is 0. The van der Waals surface area contributed by atoms with Crippen LogP contribution in [0.25, 0.3) is 43.4 Å². The van der Waals surface area contributed by atoms with Crippen LogP contribution in [0.1, 0.15) is 16.7 Å². The lowest BCUT2D eigenvalue weighted by Gasteiger charge is -2.14. The molecule has 0 bridgehead atoms. The second-order valence-corrected chi connectivity index (χ2v) is 8.42. The van der Waals surface area contributed by atoms with Crippen molar-refractivity contribution in [3.8, 4) is 0 Å². The Morgan fingerprint density at radius 3 is 1.57 bits per heavy atom. The number of benzene rings is 5. The van der Waals surface area contributed by atoms with Gasteiger partial charge in [0.05, 0.1) is 0 Å². The quantitative estimate of drug-likeness (QED) is 0.268. The number of hydrogen-bond acceptors (Lipinski definition) is 0. The van der Waals surface area contributed by atoms with E-state index in [0.717, 1.165) is 6.54 Å². The van der Waals surface area contributed by atoms with Crippen LogP contribution in [0.15, 0.2) is 91.0 Å². The molecule has 0 amide bonds. The van der Waals surface area contributed by atoms with Crippen LogP contribution in [0.2, 0.25) is 0 Å². The first-order valence-electron chi connectivity index (χ1n) is 10.6. The van der Waals surface area contributed by atoms with Gasteiger partial charge >= 0.3 is 0 Å². The molecule has 0 saturated heterocycles. The molecule has 0 unspecified atom stereocenters. The molecular weight excluding hydrogens is 362 g/mol. The second-order valence-electron chi connectivity index (χ2n) is 8.42. The van der Waals surface area contributed by atoms with E-state index in [9.17, 15) is 0 Å². The Bertz CT molecular complexity index is 1470. The van der Waals surface area contributed by atoms with Crippen molar-refractivity contribution in [3.63, 3.8) is 0 Å². The summed E-state index contributed by atoms with van der Waals surface area (Å²) in [5, 5.41) is 7.98. The van der Waals surface area contributed by atoms with Gasteiger partial charge in [0.2, 0.25) is 0 Å². The molecule has 1 heterocycles. The molecule has 6 aromatic rings. The number of aryl methyl sites for hydroxylation is 2. The number of nitrogens with zero attached hydrogens (tertiary/aromatic N) is 1. The van der Waals surface area contributed by atoms with Gasteiger partial charge in [-0.15, -0.1) is 0 Å². The minimum Gasteiger partial charge on any atom is -0.336 e. The number of rotatable bonds is 2. The second kappa shape index (κ2) is 6.47. The van der Waals surface area contributed by atoms with Crippen LogP contribution >= 0.6 is 0 Å². The highest BCUT2D eigenvalue weighted by Gasteiger charge is 2.14. The van der Waals surface area contributed by atoms with E-state index >= 15 is 0 Å². The van der Waals surface area contributed by atoms with Crippen molar-refractivity contribution >= 4 is 43.4 Å². The molecule has 1 nitrogen and oxygen atoms in total. The molecule has 0 aliphatic heterocycles. The van der Waals surface area contributed by atoms with E-state index in [1.165, 1.54) is 60.0 Å². The number of fused-ring (bicyclic) bond motifs is 5. The third-order valence-electron chi connectivity index (χ3n) is 6.37. The van der Waals surface area contributed by atoms with Crippen LogP contribution < -0.4 is 0 Å². The van der Waals surface area contributed by atoms with Crippen molar-refractivity contribution < 1.29 is 0 Å². The SMILES string of the molecule is Cc1ccc2c(c1)c1cc(C)ccc1n2Cc1c2ccccc2cc2ccccc12. The van der Waals surface area contributed by atoms with E-state index in [0.29, 0.717) is 0 Å². The van der Waals surface area contributed by atoms with E-state index in [1.807, 2.05) is 0 Å². The van der Waals surface area contributed by atoms with Gasteiger partial charge in [-0.25, -0.2) is 0 Å². The molecule has 30 heavy (non-hydrogen) atoms. The minimum atomic E-state index is 0.855. The maximum Gasteiger partial charge on any atom is 0.0494 e. The first-order valence-corrected chi connectivity index (χ1v) is 10.6. The Kier molecular flexibility index (Phi) is 3.73.